The van der Waals surface area contributed by atoms with Gasteiger partial charge in [-0.1, -0.05) is 30.0 Å². The third-order valence-electron chi connectivity index (χ3n) is 5.25. The molecule has 2 aromatic rings. The Morgan fingerprint density at radius 1 is 1.30 bits per heavy atom. The number of nitrogens with zero attached hydrogens (tertiary/aromatic N) is 4. The Labute approximate surface area is 184 Å². The third-order valence-corrected chi connectivity index (χ3v) is 6.63. The molecular weight excluding hydrogens is 420 g/mol. The van der Waals surface area contributed by atoms with Crippen molar-refractivity contribution in [1.29, 1.82) is 0 Å². The fourth-order valence-electron chi connectivity index (χ4n) is 3.92. The average molecular weight is 445 g/mol. The van der Waals surface area contributed by atoms with Crippen molar-refractivity contribution in [3.8, 4) is 0 Å². The summed E-state index contributed by atoms with van der Waals surface area (Å²) in [4.78, 5) is 35.2. The van der Waals surface area contributed by atoms with Crippen LogP contribution in [0, 0.1) is 6.92 Å². The first kappa shape index (κ1) is 21.0. The lowest BCUT2D eigenvalue weighted by molar-refractivity contribution is -0.121. The van der Waals surface area contributed by atoms with E-state index in [0.717, 1.165) is 5.56 Å². The summed E-state index contributed by atoms with van der Waals surface area (Å²) in [6.45, 7) is 9.57. The number of anilines is 1. The Balaban J connectivity index is 1.92. The number of carbonyl (C=O) groups is 1. The van der Waals surface area contributed by atoms with Crippen LogP contribution in [0.15, 0.2) is 28.0 Å². The molecule has 0 unspecified atom stereocenters. The molecule has 4 heterocycles. The molecule has 0 aromatic carbocycles. The maximum Gasteiger partial charge on any atom is 0.267 e. The Hall–Kier alpha value is -2.23. The maximum absolute atomic E-state index is 13.5. The van der Waals surface area contributed by atoms with Crippen molar-refractivity contribution in [3.05, 3.63) is 44.7 Å². The van der Waals surface area contributed by atoms with Crippen LogP contribution < -0.4 is 10.5 Å². The number of carbonyl (C=O) groups excluding carboxylic acids is 1. The van der Waals surface area contributed by atoms with Crippen molar-refractivity contribution in [2.45, 2.75) is 39.9 Å². The van der Waals surface area contributed by atoms with Crippen molar-refractivity contribution < 1.29 is 9.53 Å². The predicted octanol–water partition coefficient (Wildman–Crippen LogP) is 2.84. The minimum Gasteiger partial charge on any atom is -0.372 e. The van der Waals surface area contributed by atoms with Gasteiger partial charge in [0.1, 0.15) is 15.8 Å². The normalized spacial score (nSPS) is 23.8. The third kappa shape index (κ3) is 3.66. The van der Waals surface area contributed by atoms with E-state index in [2.05, 4.69) is 4.90 Å². The summed E-state index contributed by atoms with van der Waals surface area (Å²) in [6, 6.07) is 3.76. The molecule has 2 aliphatic rings. The first-order valence-corrected chi connectivity index (χ1v) is 11.2. The molecule has 30 heavy (non-hydrogen) atoms. The summed E-state index contributed by atoms with van der Waals surface area (Å²) in [5.41, 5.74) is 1.72. The van der Waals surface area contributed by atoms with Gasteiger partial charge in [0, 0.05) is 25.8 Å². The number of aromatic nitrogens is 2. The molecule has 2 saturated heterocycles. The number of rotatable bonds is 3. The molecule has 0 bridgehead atoms. The number of thiocarbonyl (C=S) groups is 1. The van der Waals surface area contributed by atoms with Gasteiger partial charge in [-0.15, -0.1) is 0 Å². The van der Waals surface area contributed by atoms with Gasteiger partial charge in [-0.3, -0.25) is 18.9 Å². The SMILES string of the molecule is CCN1C(=O)/C(=C/c2c(N3C[C@H](C)O[C@@H](C)C3)nc3c(C)cccn3c2=O)SC1=S. The molecule has 0 aliphatic carbocycles. The van der Waals surface area contributed by atoms with Gasteiger partial charge in [-0.2, -0.15) is 0 Å². The van der Waals surface area contributed by atoms with E-state index in [-0.39, 0.29) is 23.7 Å². The second-order valence-electron chi connectivity index (χ2n) is 7.63. The average Bonchev–Trinajstić information content (AvgIpc) is 2.96. The van der Waals surface area contributed by atoms with Gasteiger partial charge < -0.3 is 9.64 Å². The van der Waals surface area contributed by atoms with Gasteiger partial charge in [-0.25, -0.2) is 4.98 Å². The second-order valence-corrected chi connectivity index (χ2v) is 9.30. The number of ether oxygens (including phenoxy) is 1. The van der Waals surface area contributed by atoms with Crippen LogP contribution in [0.25, 0.3) is 11.7 Å². The smallest absolute Gasteiger partial charge is 0.267 e. The number of fused-ring (bicyclic) bond motifs is 1. The van der Waals surface area contributed by atoms with Crippen molar-refractivity contribution in [2.24, 2.45) is 0 Å². The molecule has 158 valence electrons. The molecule has 0 N–H and O–H groups in total. The Bertz CT molecular complexity index is 1120. The minimum absolute atomic E-state index is 0.0111. The van der Waals surface area contributed by atoms with Crippen LogP contribution >= 0.6 is 24.0 Å². The van der Waals surface area contributed by atoms with Crippen LogP contribution in [0.1, 0.15) is 31.9 Å². The number of likely N-dealkylation sites (N-methyl/N-ethyl adjacent to an activating group) is 1. The van der Waals surface area contributed by atoms with E-state index in [9.17, 15) is 9.59 Å². The van der Waals surface area contributed by atoms with E-state index in [1.54, 1.807) is 21.6 Å². The number of pyridine rings is 1. The Kier molecular flexibility index (Phi) is 5.69. The van der Waals surface area contributed by atoms with Gasteiger partial charge in [0.2, 0.25) is 0 Å². The molecule has 2 atom stereocenters. The first-order valence-electron chi connectivity index (χ1n) is 9.98. The number of aryl methyl sites for hydroxylation is 1. The molecule has 2 fully saturated rings. The van der Waals surface area contributed by atoms with Gasteiger partial charge in [0.15, 0.2) is 0 Å². The molecule has 9 heteroatoms. The largest absolute Gasteiger partial charge is 0.372 e. The molecular formula is C21H24N4O3S2. The number of hydrogen-bond donors (Lipinski definition) is 0. The number of thioether (sulfide) groups is 1. The lowest BCUT2D eigenvalue weighted by Crippen LogP contribution is -2.46. The van der Waals surface area contributed by atoms with Crippen LogP contribution in [0.2, 0.25) is 0 Å². The van der Waals surface area contributed by atoms with Crippen molar-refractivity contribution in [2.75, 3.05) is 24.5 Å². The number of amides is 1. The molecule has 0 saturated carbocycles. The van der Waals surface area contributed by atoms with Crippen molar-refractivity contribution >= 4 is 51.7 Å². The van der Waals surface area contributed by atoms with Gasteiger partial charge in [0.05, 0.1) is 22.7 Å². The number of hydrogen-bond acceptors (Lipinski definition) is 7. The zero-order valence-electron chi connectivity index (χ0n) is 17.4. The van der Waals surface area contributed by atoms with E-state index in [1.807, 2.05) is 39.8 Å². The van der Waals surface area contributed by atoms with E-state index in [1.165, 1.54) is 11.8 Å². The summed E-state index contributed by atoms with van der Waals surface area (Å²) in [7, 11) is 0. The summed E-state index contributed by atoms with van der Waals surface area (Å²) < 4.78 is 7.91. The van der Waals surface area contributed by atoms with Crippen LogP contribution in [-0.2, 0) is 9.53 Å². The highest BCUT2D eigenvalue weighted by Gasteiger charge is 2.32. The fraction of sp³-hybridized carbons (Fsp3) is 0.429. The minimum atomic E-state index is -0.202. The highest BCUT2D eigenvalue weighted by molar-refractivity contribution is 8.26. The second kappa shape index (κ2) is 8.13. The topological polar surface area (TPSA) is 67.2 Å². The van der Waals surface area contributed by atoms with Gasteiger partial charge in [0.25, 0.3) is 11.5 Å². The molecule has 1 amide bonds. The van der Waals surface area contributed by atoms with E-state index >= 15 is 0 Å². The summed E-state index contributed by atoms with van der Waals surface area (Å²) >= 11 is 6.55. The Morgan fingerprint density at radius 3 is 2.63 bits per heavy atom. The molecule has 4 rings (SSSR count). The fourth-order valence-corrected chi connectivity index (χ4v) is 5.29. The lowest BCUT2D eigenvalue weighted by atomic mass is 10.1. The molecule has 0 spiro atoms. The first-order chi connectivity index (χ1) is 14.3. The molecule has 7 nitrogen and oxygen atoms in total. The molecule has 0 radical (unpaired) electrons. The zero-order chi connectivity index (χ0) is 21.6. The standard InChI is InChI=1S/C21H24N4O3S2/c1-5-24-20(27)16(30-21(24)29)9-15-18(23-10-13(3)28-14(4)11-23)22-17-12(2)7-6-8-25(17)19(15)26/h6-9,13-14H,5,10-11H2,1-4H3/b16-9-/t13-,14-/m0/s1. The van der Waals surface area contributed by atoms with Crippen LogP contribution in [0.3, 0.4) is 0 Å². The summed E-state index contributed by atoms with van der Waals surface area (Å²) in [5.74, 6) is 0.411. The number of morpholine rings is 1. The van der Waals surface area contributed by atoms with Gasteiger partial charge in [-0.05, 0) is 45.4 Å². The van der Waals surface area contributed by atoms with Crippen molar-refractivity contribution in [3.63, 3.8) is 0 Å². The zero-order valence-corrected chi connectivity index (χ0v) is 19.0. The van der Waals surface area contributed by atoms with Crippen LogP contribution in [0.5, 0.6) is 0 Å². The highest BCUT2D eigenvalue weighted by atomic mass is 32.2. The monoisotopic (exact) mass is 444 g/mol. The predicted molar refractivity (Wildman–Crippen MR) is 124 cm³/mol. The molecule has 2 aromatic heterocycles. The van der Waals surface area contributed by atoms with E-state index < -0.39 is 0 Å². The Morgan fingerprint density at radius 2 is 2.00 bits per heavy atom. The van der Waals surface area contributed by atoms with E-state index in [4.69, 9.17) is 21.9 Å². The quantitative estimate of drug-likeness (QED) is 0.533. The molecule has 2 aliphatic heterocycles. The van der Waals surface area contributed by atoms with Crippen molar-refractivity contribution in [1.82, 2.24) is 14.3 Å². The lowest BCUT2D eigenvalue weighted by Gasteiger charge is -2.36. The van der Waals surface area contributed by atoms with Crippen LogP contribution in [-0.4, -0.2) is 56.4 Å². The highest BCUT2D eigenvalue weighted by Crippen LogP contribution is 2.33. The summed E-state index contributed by atoms with van der Waals surface area (Å²) in [5, 5.41) is 0. The van der Waals surface area contributed by atoms with E-state index in [0.29, 0.717) is 45.9 Å². The van der Waals surface area contributed by atoms with Gasteiger partial charge >= 0.3 is 0 Å². The van der Waals surface area contributed by atoms with Crippen LogP contribution in [0.4, 0.5) is 5.82 Å². The summed E-state index contributed by atoms with van der Waals surface area (Å²) in [6.07, 6.45) is 3.38. The maximum atomic E-state index is 13.5.